The number of nitrogens with zero attached hydrogens (tertiary/aromatic N) is 1. The highest BCUT2D eigenvalue weighted by atomic mass is 16.5. The van der Waals surface area contributed by atoms with Crippen LogP contribution in [0.3, 0.4) is 0 Å². The number of ketones is 1. The van der Waals surface area contributed by atoms with Crippen molar-refractivity contribution in [2.75, 3.05) is 0 Å². The number of hydrogen-bond donors (Lipinski definition) is 1. The zero-order valence-corrected chi connectivity index (χ0v) is 13.7. The van der Waals surface area contributed by atoms with Gasteiger partial charge in [0.2, 0.25) is 0 Å². The summed E-state index contributed by atoms with van der Waals surface area (Å²) in [6, 6.07) is 16.1. The van der Waals surface area contributed by atoms with Crippen LogP contribution in [0.25, 0.3) is 6.08 Å². The molecule has 0 saturated heterocycles. The fourth-order valence-corrected chi connectivity index (χ4v) is 2.19. The highest BCUT2D eigenvalue weighted by Crippen LogP contribution is 2.16. The Morgan fingerprint density at radius 3 is 2.31 bits per heavy atom. The first-order valence-electron chi connectivity index (χ1n) is 7.85. The van der Waals surface area contributed by atoms with Crippen LogP contribution in [0.2, 0.25) is 0 Å². The van der Waals surface area contributed by atoms with Gasteiger partial charge in [0.05, 0.1) is 5.56 Å². The molecule has 5 heteroatoms. The molecule has 0 atom stereocenters. The summed E-state index contributed by atoms with van der Waals surface area (Å²) in [5.41, 5.74) is 1.65. The highest BCUT2D eigenvalue weighted by molar-refractivity contribution is 6.06. The fourth-order valence-electron chi connectivity index (χ4n) is 2.19. The third kappa shape index (κ3) is 4.42. The summed E-state index contributed by atoms with van der Waals surface area (Å²) in [5, 5.41) is 9.24. The summed E-state index contributed by atoms with van der Waals surface area (Å²) < 4.78 is 5.27. The predicted molar refractivity (Wildman–Crippen MR) is 97.1 cm³/mol. The van der Waals surface area contributed by atoms with Gasteiger partial charge in [-0.05, 0) is 60.2 Å². The summed E-state index contributed by atoms with van der Waals surface area (Å²) in [6.45, 7) is 0. The Labute approximate surface area is 150 Å². The Hall–Kier alpha value is -3.73. The number of esters is 1. The zero-order valence-electron chi connectivity index (χ0n) is 13.7. The van der Waals surface area contributed by atoms with E-state index in [-0.39, 0.29) is 11.5 Å². The molecule has 0 aliphatic carbocycles. The number of carbonyl (C=O) groups is 2. The number of ether oxygens (including phenoxy) is 1. The van der Waals surface area contributed by atoms with Crippen molar-refractivity contribution in [3.05, 3.63) is 95.8 Å². The lowest BCUT2D eigenvalue weighted by molar-refractivity contribution is 0.0734. The lowest BCUT2D eigenvalue weighted by Crippen LogP contribution is -2.08. The van der Waals surface area contributed by atoms with Gasteiger partial charge in [-0.15, -0.1) is 0 Å². The van der Waals surface area contributed by atoms with Crippen molar-refractivity contribution in [2.45, 2.75) is 0 Å². The van der Waals surface area contributed by atoms with Gasteiger partial charge in [0.15, 0.2) is 5.78 Å². The van der Waals surface area contributed by atoms with Crippen LogP contribution in [-0.2, 0) is 0 Å². The molecular weight excluding hydrogens is 330 g/mol. The molecule has 0 aliphatic heterocycles. The number of rotatable bonds is 5. The molecule has 0 spiro atoms. The van der Waals surface area contributed by atoms with E-state index in [9.17, 15) is 14.7 Å². The van der Waals surface area contributed by atoms with E-state index in [1.807, 2.05) is 0 Å². The van der Waals surface area contributed by atoms with E-state index < -0.39 is 5.97 Å². The minimum atomic E-state index is -0.482. The maximum Gasteiger partial charge on any atom is 0.345 e. The number of pyridine rings is 1. The normalized spacial score (nSPS) is 10.6. The molecule has 0 fully saturated rings. The molecule has 2 aromatic carbocycles. The number of allylic oxidation sites excluding steroid dienone is 1. The van der Waals surface area contributed by atoms with Crippen LogP contribution in [-0.4, -0.2) is 21.8 Å². The predicted octanol–water partition coefficient (Wildman–Crippen LogP) is 3.90. The molecule has 1 N–H and O–H groups in total. The number of benzene rings is 2. The summed E-state index contributed by atoms with van der Waals surface area (Å²) in [4.78, 5) is 27.9. The minimum Gasteiger partial charge on any atom is -0.508 e. The second-order valence-corrected chi connectivity index (χ2v) is 5.44. The zero-order chi connectivity index (χ0) is 18.4. The number of carbonyl (C=O) groups excluding carboxylic acids is 2. The van der Waals surface area contributed by atoms with Gasteiger partial charge in [-0.3, -0.25) is 9.78 Å². The van der Waals surface area contributed by atoms with Crippen LogP contribution < -0.4 is 4.74 Å². The Morgan fingerprint density at radius 1 is 0.923 bits per heavy atom. The van der Waals surface area contributed by atoms with Gasteiger partial charge in [0.1, 0.15) is 11.5 Å². The second-order valence-electron chi connectivity index (χ2n) is 5.44. The maximum atomic E-state index is 12.1. The molecule has 3 aromatic rings. The van der Waals surface area contributed by atoms with Crippen molar-refractivity contribution in [3.63, 3.8) is 0 Å². The van der Waals surface area contributed by atoms with Gasteiger partial charge in [-0.25, -0.2) is 4.79 Å². The van der Waals surface area contributed by atoms with Crippen LogP contribution >= 0.6 is 0 Å². The van der Waals surface area contributed by atoms with E-state index in [4.69, 9.17) is 4.74 Å². The first-order chi connectivity index (χ1) is 12.6. The first kappa shape index (κ1) is 17.1. The molecular formula is C21H15NO4. The standard InChI is InChI=1S/C21H15NO4/c23-18-8-6-16(7-9-18)20(24)12-5-15-3-10-19(11-4-15)26-21(25)17-2-1-13-22-14-17/h1-14,23H. The minimum absolute atomic E-state index is 0.113. The van der Waals surface area contributed by atoms with Gasteiger partial charge in [-0.2, -0.15) is 0 Å². The second kappa shape index (κ2) is 7.90. The van der Waals surface area contributed by atoms with Crippen LogP contribution in [0.15, 0.2) is 79.1 Å². The van der Waals surface area contributed by atoms with Crippen molar-refractivity contribution < 1.29 is 19.4 Å². The summed E-state index contributed by atoms with van der Waals surface area (Å²) in [7, 11) is 0. The lowest BCUT2D eigenvalue weighted by Gasteiger charge is -2.04. The number of aromatic nitrogens is 1. The molecule has 3 rings (SSSR count). The average molecular weight is 345 g/mol. The van der Waals surface area contributed by atoms with E-state index in [0.29, 0.717) is 16.9 Å². The van der Waals surface area contributed by atoms with Gasteiger partial charge < -0.3 is 9.84 Å². The summed E-state index contributed by atoms with van der Waals surface area (Å²) in [5.74, 6) is -0.135. The Balaban J connectivity index is 1.63. The monoisotopic (exact) mass is 345 g/mol. The van der Waals surface area contributed by atoms with Gasteiger partial charge in [-0.1, -0.05) is 18.2 Å². The number of phenols is 1. The SMILES string of the molecule is O=C(C=Cc1ccc(OC(=O)c2cccnc2)cc1)c1ccc(O)cc1. The molecule has 5 nitrogen and oxygen atoms in total. The van der Waals surface area contributed by atoms with E-state index in [1.165, 1.54) is 24.4 Å². The van der Waals surface area contributed by atoms with Crippen molar-refractivity contribution in [3.8, 4) is 11.5 Å². The third-order valence-corrected chi connectivity index (χ3v) is 3.57. The molecule has 128 valence electrons. The fraction of sp³-hybridized carbons (Fsp3) is 0. The van der Waals surface area contributed by atoms with Crippen LogP contribution in [0, 0.1) is 0 Å². The maximum absolute atomic E-state index is 12.1. The topological polar surface area (TPSA) is 76.5 Å². The third-order valence-electron chi connectivity index (χ3n) is 3.57. The molecule has 1 heterocycles. The highest BCUT2D eigenvalue weighted by Gasteiger charge is 2.08. The van der Waals surface area contributed by atoms with Crippen molar-refractivity contribution >= 4 is 17.8 Å². The van der Waals surface area contributed by atoms with Crippen molar-refractivity contribution in [1.82, 2.24) is 4.98 Å². The van der Waals surface area contributed by atoms with Crippen LogP contribution in [0.5, 0.6) is 11.5 Å². The van der Waals surface area contributed by atoms with Crippen LogP contribution in [0.4, 0.5) is 0 Å². The Kier molecular flexibility index (Phi) is 5.19. The molecule has 0 unspecified atom stereocenters. The molecule has 26 heavy (non-hydrogen) atoms. The van der Waals surface area contributed by atoms with E-state index in [0.717, 1.165) is 5.56 Å². The molecule has 0 aliphatic rings. The van der Waals surface area contributed by atoms with E-state index in [1.54, 1.807) is 60.8 Å². The van der Waals surface area contributed by atoms with E-state index >= 15 is 0 Å². The van der Waals surface area contributed by atoms with Gasteiger partial charge >= 0.3 is 5.97 Å². The molecule has 0 bridgehead atoms. The molecule has 1 aromatic heterocycles. The van der Waals surface area contributed by atoms with E-state index in [2.05, 4.69) is 4.98 Å². The van der Waals surface area contributed by atoms with Crippen molar-refractivity contribution in [1.29, 1.82) is 0 Å². The van der Waals surface area contributed by atoms with Gasteiger partial charge in [0, 0.05) is 18.0 Å². The quantitative estimate of drug-likeness (QED) is 0.328. The summed E-state index contributed by atoms with van der Waals surface area (Å²) >= 11 is 0. The van der Waals surface area contributed by atoms with Gasteiger partial charge in [0.25, 0.3) is 0 Å². The number of aromatic hydroxyl groups is 1. The lowest BCUT2D eigenvalue weighted by atomic mass is 10.1. The molecule has 0 amide bonds. The smallest absolute Gasteiger partial charge is 0.345 e. The summed E-state index contributed by atoms with van der Waals surface area (Å²) in [6.07, 6.45) is 6.14. The van der Waals surface area contributed by atoms with Crippen molar-refractivity contribution in [2.24, 2.45) is 0 Å². The average Bonchev–Trinajstić information content (AvgIpc) is 2.68. The number of phenolic OH excluding ortho intramolecular Hbond substituents is 1. The number of hydrogen-bond acceptors (Lipinski definition) is 5. The Morgan fingerprint density at radius 2 is 1.65 bits per heavy atom. The Bertz CT molecular complexity index is 930. The molecule has 0 saturated carbocycles. The molecule has 0 radical (unpaired) electrons. The first-order valence-corrected chi connectivity index (χ1v) is 7.85. The van der Waals surface area contributed by atoms with Crippen LogP contribution in [0.1, 0.15) is 26.3 Å². The largest absolute Gasteiger partial charge is 0.508 e.